The van der Waals surface area contributed by atoms with Crippen molar-refractivity contribution in [2.24, 2.45) is 0 Å². The molecular formula is C31H31NO5. The molecule has 1 N–H and O–H groups in total. The van der Waals surface area contributed by atoms with Crippen molar-refractivity contribution < 1.29 is 19.1 Å². The topological polar surface area (TPSA) is 80.0 Å². The van der Waals surface area contributed by atoms with Gasteiger partial charge in [0.1, 0.15) is 23.7 Å². The Labute approximate surface area is 216 Å². The van der Waals surface area contributed by atoms with Gasteiger partial charge >= 0.3 is 5.63 Å². The highest BCUT2D eigenvalue weighted by Crippen LogP contribution is 2.34. The smallest absolute Gasteiger partial charge is 0.344 e. The van der Waals surface area contributed by atoms with Crippen LogP contribution in [0.4, 0.5) is 0 Å². The molecule has 0 spiro atoms. The van der Waals surface area contributed by atoms with Crippen LogP contribution in [0.5, 0.6) is 11.5 Å². The van der Waals surface area contributed by atoms with Gasteiger partial charge in [-0.15, -0.1) is 0 Å². The number of hydrogen-bond donors (Lipinski definition) is 1. The van der Waals surface area contributed by atoms with Crippen LogP contribution in [0.2, 0.25) is 0 Å². The SMILES string of the molecule is CC(=O)c1c(O)ccc2c(Cc3ccc(OCCN4CCCC4)cc3)c(-c3ccc(C)cc3)c(=O)oc12. The van der Waals surface area contributed by atoms with Gasteiger partial charge in [0.25, 0.3) is 0 Å². The van der Waals surface area contributed by atoms with Crippen molar-refractivity contribution in [1.82, 2.24) is 4.90 Å². The quantitative estimate of drug-likeness (QED) is 0.247. The minimum atomic E-state index is -0.540. The molecule has 6 nitrogen and oxygen atoms in total. The van der Waals surface area contributed by atoms with Gasteiger partial charge in [-0.1, -0.05) is 42.0 Å². The summed E-state index contributed by atoms with van der Waals surface area (Å²) in [4.78, 5) is 28.1. The molecule has 0 bridgehead atoms. The van der Waals surface area contributed by atoms with Gasteiger partial charge in [0, 0.05) is 11.9 Å². The first kappa shape index (κ1) is 24.8. The van der Waals surface area contributed by atoms with Crippen molar-refractivity contribution in [1.29, 1.82) is 0 Å². The lowest BCUT2D eigenvalue weighted by molar-refractivity contribution is 0.101. The molecule has 0 atom stereocenters. The number of ether oxygens (including phenoxy) is 1. The molecule has 0 radical (unpaired) electrons. The van der Waals surface area contributed by atoms with E-state index in [-0.39, 0.29) is 22.7 Å². The second-order valence-corrected chi connectivity index (χ2v) is 9.72. The number of fused-ring (bicyclic) bond motifs is 1. The summed E-state index contributed by atoms with van der Waals surface area (Å²) in [7, 11) is 0. The molecule has 37 heavy (non-hydrogen) atoms. The Morgan fingerprint density at radius 1 is 1.00 bits per heavy atom. The Morgan fingerprint density at radius 3 is 2.38 bits per heavy atom. The molecule has 0 saturated carbocycles. The molecular weight excluding hydrogens is 466 g/mol. The molecule has 6 heteroatoms. The third-order valence-corrected chi connectivity index (χ3v) is 7.03. The van der Waals surface area contributed by atoms with E-state index < -0.39 is 5.63 Å². The van der Waals surface area contributed by atoms with E-state index in [0.29, 0.717) is 24.0 Å². The highest BCUT2D eigenvalue weighted by atomic mass is 16.5. The first-order valence-electron chi connectivity index (χ1n) is 12.7. The van der Waals surface area contributed by atoms with Crippen LogP contribution in [0.15, 0.2) is 69.9 Å². The molecule has 0 aliphatic carbocycles. The van der Waals surface area contributed by atoms with E-state index in [0.717, 1.165) is 47.6 Å². The monoisotopic (exact) mass is 497 g/mol. The van der Waals surface area contributed by atoms with Gasteiger partial charge < -0.3 is 14.3 Å². The van der Waals surface area contributed by atoms with E-state index in [4.69, 9.17) is 9.15 Å². The van der Waals surface area contributed by atoms with Crippen LogP contribution in [-0.4, -0.2) is 42.0 Å². The van der Waals surface area contributed by atoms with Crippen LogP contribution in [-0.2, 0) is 6.42 Å². The van der Waals surface area contributed by atoms with Gasteiger partial charge in [-0.05, 0) is 87.2 Å². The molecule has 1 aromatic heterocycles. The van der Waals surface area contributed by atoms with Crippen molar-refractivity contribution in [3.63, 3.8) is 0 Å². The lowest BCUT2D eigenvalue weighted by atomic mass is 9.91. The van der Waals surface area contributed by atoms with Gasteiger partial charge in [-0.3, -0.25) is 9.69 Å². The number of likely N-dealkylation sites (tertiary alicyclic amines) is 1. The number of carbonyl (C=O) groups excluding carboxylic acids is 1. The van der Waals surface area contributed by atoms with E-state index in [1.807, 2.05) is 55.5 Å². The second kappa shape index (κ2) is 10.6. The Bertz CT molecular complexity index is 1480. The number of ketones is 1. The fraction of sp³-hybridized carbons (Fsp3) is 0.290. The fourth-order valence-corrected chi connectivity index (χ4v) is 5.06. The van der Waals surface area contributed by atoms with Crippen LogP contribution in [0, 0.1) is 6.92 Å². The van der Waals surface area contributed by atoms with Gasteiger partial charge in [0.05, 0.1) is 5.56 Å². The predicted octanol–water partition coefficient (Wildman–Crippen LogP) is 5.74. The molecule has 0 amide bonds. The largest absolute Gasteiger partial charge is 0.507 e. The number of aromatic hydroxyl groups is 1. The average molecular weight is 498 g/mol. The van der Waals surface area contributed by atoms with E-state index >= 15 is 0 Å². The molecule has 0 unspecified atom stereocenters. The van der Waals surface area contributed by atoms with Crippen molar-refractivity contribution in [2.45, 2.75) is 33.1 Å². The lowest BCUT2D eigenvalue weighted by Gasteiger charge is -2.16. The summed E-state index contributed by atoms with van der Waals surface area (Å²) in [6.07, 6.45) is 2.97. The number of rotatable bonds is 8. The fourth-order valence-electron chi connectivity index (χ4n) is 5.06. The van der Waals surface area contributed by atoms with Crippen LogP contribution in [0.1, 0.15) is 46.8 Å². The summed E-state index contributed by atoms with van der Waals surface area (Å²) >= 11 is 0. The van der Waals surface area contributed by atoms with E-state index in [2.05, 4.69) is 4.90 Å². The zero-order valence-corrected chi connectivity index (χ0v) is 21.3. The maximum absolute atomic E-state index is 13.3. The molecule has 190 valence electrons. The normalized spacial score (nSPS) is 13.8. The summed E-state index contributed by atoms with van der Waals surface area (Å²) < 4.78 is 11.6. The maximum atomic E-state index is 13.3. The highest BCUT2D eigenvalue weighted by molar-refractivity contribution is 6.08. The predicted molar refractivity (Wildman–Crippen MR) is 145 cm³/mol. The average Bonchev–Trinajstić information content (AvgIpc) is 3.39. The second-order valence-electron chi connectivity index (χ2n) is 9.72. The van der Waals surface area contributed by atoms with E-state index in [1.54, 1.807) is 6.07 Å². The number of hydrogen-bond acceptors (Lipinski definition) is 6. The number of phenols is 1. The molecule has 1 saturated heterocycles. The summed E-state index contributed by atoms with van der Waals surface area (Å²) in [6.45, 7) is 7.22. The molecule has 2 heterocycles. The van der Waals surface area contributed by atoms with Gasteiger partial charge in [0.15, 0.2) is 11.4 Å². The summed E-state index contributed by atoms with van der Waals surface area (Å²) in [5.74, 6) is 0.242. The van der Waals surface area contributed by atoms with Crippen LogP contribution < -0.4 is 10.4 Å². The van der Waals surface area contributed by atoms with Crippen molar-refractivity contribution in [3.8, 4) is 22.6 Å². The van der Waals surface area contributed by atoms with Gasteiger partial charge in [0.2, 0.25) is 0 Å². The van der Waals surface area contributed by atoms with Crippen LogP contribution in [0.25, 0.3) is 22.1 Å². The minimum Gasteiger partial charge on any atom is -0.507 e. The number of Topliss-reactive ketones (excluding diaryl/α,β-unsaturated/α-hetero) is 1. The molecule has 1 aliphatic heterocycles. The summed E-state index contributed by atoms with van der Waals surface area (Å²) in [5, 5.41) is 11.0. The lowest BCUT2D eigenvalue weighted by Crippen LogP contribution is -2.25. The minimum absolute atomic E-state index is 0.0213. The molecule has 5 rings (SSSR count). The molecule has 3 aromatic carbocycles. The Hall–Kier alpha value is -3.90. The molecule has 4 aromatic rings. The molecule has 1 aliphatic rings. The number of benzene rings is 3. The van der Waals surface area contributed by atoms with Crippen LogP contribution in [0.3, 0.4) is 0 Å². The first-order valence-corrected chi connectivity index (χ1v) is 12.7. The van der Waals surface area contributed by atoms with Crippen molar-refractivity contribution >= 4 is 16.8 Å². The Morgan fingerprint density at radius 2 is 1.70 bits per heavy atom. The Balaban J connectivity index is 1.52. The number of nitrogens with zero attached hydrogens (tertiary/aromatic N) is 1. The Kier molecular flexibility index (Phi) is 7.10. The number of carbonyl (C=O) groups is 1. The van der Waals surface area contributed by atoms with Crippen LogP contribution >= 0.6 is 0 Å². The van der Waals surface area contributed by atoms with Crippen molar-refractivity contribution in [2.75, 3.05) is 26.2 Å². The van der Waals surface area contributed by atoms with Gasteiger partial charge in [-0.25, -0.2) is 4.79 Å². The van der Waals surface area contributed by atoms with E-state index in [1.165, 1.54) is 25.8 Å². The summed E-state index contributed by atoms with van der Waals surface area (Å²) in [5.41, 5.74) is 3.62. The number of phenolic OH excluding ortho intramolecular Hbond substituents is 1. The third-order valence-electron chi connectivity index (χ3n) is 7.03. The number of aryl methyl sites for hydroxylation is 1. The van der Waals surface area contributed by atoms with Gasteiger partial charge in [-0.2, -0.15) is 0 Å². The standard InChI is InChI=1S/C31H31NO5/c1-20-5-9-23(10-6-20)29-26(25-13-14-27(34)28(21(2)33)30(25)37-31(29)35)19-22-7-11-24(12-8-22)36-18-17-32-15-3-4-16-32/h5-14,34H,3-4,15-19H2,1-2H3. The van der Waals surface area contributed by atoms with E-state index in [9.17, 15) is 14.7 Å². The first-order chi connectivity index (χ1) is 17.9. The molecule has 1 fully saturated rings. The zero-order valence-electron chi connectivity index (χ0n) is 21.3. The third kappa shape index (κ3) is 5.30. The summed E-state index contributed by atoms with van der Waals surface area (Å²) in [6, 6.07) is 18.8. The maximum Gasteiger partial charge on any atom is 0.344 e. The van der Waals surface area contributed by atoms with Crippen molar-refractivity contribution in [3.05, 3.63) is 93.3 Å². The highest BCUT2D eigenvalue weighted by Gasteiger charge is 2.22. The zero-order chi connectivity index (χ0) is 25.9.